The third-order valence-corrected chi connectivity index (χ3v) is 3.96. The standard InChI is InChI=1S/C12H23N/c1-2-7-12(8-4-9-13-12)10-11-5-3-6-11/h11,13H,2-10H2,1H3. The Balaban J connectivity index is 1.87. The molecule has 0 aromatic heterocycles. The predicted molar refractivity (Wildman–Crippen MR) is 56.8 cm³/mol. The van der Waals surface area contributed by atoms with Crippen LogP contribution in [0.1, 0.15) is 58.3 Å². The Bertz CT molecular complexity index is 155. The lowest BCUT2D eigenvalue weighted by molar-refractivity contribution is 0.197. The molecule has 2 fully saturated rings. The minimum atomic E-state index is 0.569. The Morgan fingerprint density at radius 2 is 2.15 bits per heavy atom. The van der Waals surface area contributed by atoms with E-state index in [0.717, 1.165) is 5.92 Å². The summed E-state index contributed by atoms with van der Waals surface area (Å²) < 4.78 is 0. The van der Waals surface area contributed by atoms with Crippen LogP contribution in [0.5, 0.6) is 0 Å². The smallest absolute Gasteiger partial charge is 0.0184 e. The van der Waals surface area contributed by atoms with Crippen molar-refractivity contribution in [2.75, 3.05) is 6.54 Å². The van der Waals surface area contributed by atoms with Gasteiger partial charge in [0.15, 0.2) is 0 Å². The van der Waals surface area contributed by atoms with Crippen LogP contribution in [0, 0.1) is 5.92 Å². The molecule has 1 heterocycles. The molecule has 76 valence electrons. The number of rotatable bonds is 4. The van der Waals surface area contributed by atoms with Gasteiger partial charge in [0, 0.05) is 5.54 Å². The third kappa shape index (κ3) is 2.07. The summed E-state index contributed by atoms with van der Waals surface area (Å²) in [6, 6.07) is 0. The Morgan fingerprint density at radius 3 is 2.62 bits per heavy atom. The molecule has 13 heavy (non-hydrogen) atoms. The second-order valence-corrected chi connectivity index (χ2v) is 5.06. The van der Waals surface area contributed by atoms with Crippen molar-refractivity contribution in [1.82, 2.24) is 5.32 Å². The summed E-state index contributed by atoms with van der Waals surface area (Å²) in [5, 5.41) is 3.77. The lowest BCUT2D eigenvalue weighted by Crippen LogP contribution is -2.42. The molecule has 2 aliphatic rings. The summed E-state index contributed by atoms with van der Waals surface area (Å²) in [7, 11) is 0. The summed E-state index contributed by atoms with van der Waals surface area (Å²) >= 11 is 0. The molecule has 0 radical (unpaired) electrons. The number of hydrogen-bond donors (Lipinski definition) is 1. The fraction of sp³-hybridized carbons (Fsp3) is 1.00. The Labute approximate surface area is 82.3 Å². The molecule has 1 heteroatoms. The largest absolute Gasteiger partial charge is 0.311 e. The molecule has 1 unspecified atom stereocenters. The van der Waals surface area contributed by atoms with Crippen LogP contribution < -0.4 is 5.32 Å². The van der Waals surface area contributed by atoms with Gasteiger partial charge in [0.1, 0.15) is 0 Å². The zero-order chi connectivity index (χ0) is 9.15. The van der Waals surface area contributed by atoms with Gasteiger partial charge in [-0.05, 0) is 38.1 Å². The second-order valence-electron chi connectivity index (χ2n) is 5.06. The van der Waals surface area contributed by atoms with E-state index in [0.29, 0.717) is 5.54 Å². The summed E-state index contributed by atoms with van der Waals surface area (Å²) in [6.45, 7) is 3.59. The highest BCUT2D eigenvalue weighted by molar-refractivity contribution is 4.95. The van der Waals surface area contributed by atoms with Crippen LogP contribution in [0.4, 0.5) is 0 Å². The van der Waals surface area contributed by atoms with Crippen molar-refractivity contribution in [1.29, 1.82) is 0 Å². The van der Waals surface area contributed by atoms with Crippen LogP contribution in [0.15, 0.2) is 0 Å². The van der Waals surface area contributed by atoms with Crippen molar-refractivity contribution < 1.29 is 0 Å². The minimum absolute atomic E-state index is 0.569. The van der Waals surface area contributed by atoms with E-state index in [1.54, 1.807) is 0 Å². The highest BCUT2D eigenvalue weighted by atomic mass is 15.0. The molecule has 0 aromatic rings. The lowest BCUT2D eigenvalue weighted by Gasteiger charge is -2.37. The van der Waals surface area contributed by atoms with E-state index < -0.39 is 0 Å². The van der Waals surface area contributed by atoms with E-state index in [-0.39, 0.29) is 0 Å². The van der Waals surface area contributed by atoms with Crippen molar-refractivity contribution in [3.63, 3.8) is 0 Å². The van der Waals surface area contributed by atoms with Crippen molar-refractivity contribution >= 4 is 0 Å². The zero-order valence-corrected chi connectivity index (χ0v) is 8.94. The average molecular weight is 181 g/mol. The second kappa shape index (κ2) is 4.00. The SMILES string of the molecule is CCCC1(CC2CCC2)CCCN1. The van der Waals surface area contributed by atoms with Gasteiger partial charge in [-0.15, -0.1) is 0 Å². The Kier molecular flexibility index (Phi) is 2.92. The number of hydrogen-bond acceptors (Lipinski definition) is 1. The van der Waals surface area contributed by atoms with Gasteiger partial charge in [-0.2, -0.15) is 0 Å². The van der Waals surface area contributed by atoms with E-state index in [9.17, 15) is 0 Å². The molecule has 1 N–H and O–H groups in total. The van der Waals surface area contributed by atoms with Crippen molar-refractivity contribution in [2.24, 2.45) is 5.92 Å². The van der Waals surface area contributed by atoms with Crippen LogP contribution in [0.25, 0.3) is 0 Å². The molecule has 0 spiro atoms. The maximum atomic E-state index is 3.77. The molecular formula is C12H23N. The molecule has 0 bridgehead atoms. The maximum Gasteiger partial charge on any atom is 0.0184 e. The lowest BCUT2D eigenvalue weighted by atomic mass is 9.74. The van der Waals surface area contributed by atoms with Crippen LogP contribution in [-0.4, -0.2) is 12.1 Å². The topological polar surface area (TPSA) is 12.0 Å². The quantitative estimate of drug-likeness (QED) is 0.702. The molecule has 1 nitrogen and oxygen atoms in total. The van der Waals surface area contributed by atoms with Gasteiger partial charge >= 0.3 is 0 Å². The van der Waals surface area contributed by atoms with E-state index in [2.05, 4.69) is 12.2 Å². The fourth-order valence-electron chi connectivity index (χ4n) is 3.09. The molecule has 0 amide bonds. The first-order valence-electron chi connectivity index (χ1n) is 6.10. The summed E-state index contributed by atoms with van der Waals surface area (Å²) in [5.41, 5.74) is 0.569. The van der Waals surface area contributed by atoms with Gasteiger partial charge in [-0.1, -0.05) is 32.6 Å². The predicted octanol–water partition coefficient (Wildman–Crippen LogP) is 3.10. The van der Waals surface area contributed by atoms with Crippen LogP contribution >= 0.6 is 0 Å². The molecule has 1 aliphatic heterocycles. The Morgan fingerprint density at radius 1 is 1.31 bits per heavy atom. The molecule has 1 saturated heterocycles. The molecule has 1 saturated carbocycles. The van der Waals surface area contributed by atoms with Gasteiger partial charge < -0.3 is 5.32 Å². The Hall–Kier alpha value is -0.0400. The highest BCUT2D eigenvalue weighted by Crippen LogP contribution is 2.39. The van der Waals surface area contributed by atoms with E-state index in [1.165, 1.54) is 57.9 Å². The first-order valence-corrected chi connectivity index (χ1v) is 6.10. The minimum Gasteiger partial charge on any atom is -0.311 e. The van der Waals surface area contributed by atoms with Crippen molar-refractivity contribution in [2.45, 2.75) is 63.8 Å². The fourth-order valence-corrected chi connectivity index (χ4v) is 3.09. The normalized spacial score (nSPS) is 34.8. The third-order valence-electron chi connectivity index (χ3n) is 3.96. The molecule has 1 aliphatic carbocycles. The average Bonchev–Trinajstić information content (AvgIpc) is 2.48. The van der Waals surface area contributed by atoms with Crippen LogP contribution in [0.3, 0.4) is 0 Å². The van der Waals surface area contributed by atoms with E-state index in [4.69, 9.17) is 0 Å². The summed E-state index contributed by atoms with van der Waals surface area (Å²) in [4.78, 5) is 0. The summed E-state index contributed by atoms with van der Waals surface area (Å²) in [6.07, 6.45) is 11.6. The molecule has 0 aromatic carbocycles. The first-order chi connectivity index (χ1) is 6.35. The molecular weight excluding hydrogens is 158 g/mol. The zero-order valence-electron chi connectivity index (χ0n) is 8.94. The summed E-state index contributed by atoms with van der Waals surface area (Å²) in [5.74, 6) is 1.07. The van der Waals surface area contributed by atoms with Gasteiger partial charge in [0.2, 0.25) is 0 Å². The van der Waals surface area contributed by atoms with Crippen LogP contribution in [-0.2, 0) is 0 Å². The monoisotopic (exact) mass is 181 g/mol. The number of nitrogens with one attached hydrogen (secondary N) is 1. The molecule has 1 atom stereocenters. The highest BCUT2D eigenvalue weighted by Gasteiger charge is 2.36. The molecule has 2 rings (SSSR count). The van der Waals surface area contributed by atoms with Gasteiger partial charge in [0.05, 0.1) is 0 Å². The van der Waals surface area contributed by atoms with E-state index in [1.807, 2.05) is 0 Å². The van der Waals surface area contributed by atoms with Gasteiger partial charge in [0.25, 0.3) is 0 Å². The van der Waals surface area contributed by atoms with Crippen molar-refractivity contribution in [3.8, 4) is 0 Å². The maximum absolute atomic E-state index is 3.77. The van der Waals surface area contributed by atoms with Gasteiger partial charge in [-0.25, -0.2) is 0 Å². The van der Waals surface area contributed by atoms with Crippen LogP contribution in [0.2, 0.25) is 0 Å². The first kappa shape index (κ1) is 9.51. The van der Waals surface area contributed by atoms with Crippen molar-refractivity contribution in [3.05, 3.63) is 0 Å². The van der Waals surface area contributed by atoms with E-state index >= 15 is 0 Å². The van der Waals surface area contributed by atoms with Gasteiger partial charge in [-0.3, -0.25) is 0 Å².